The van der Waals surface area contributed by atoms with Gasteiger partial charge in [-0.2, -0.15) is 13.2 Å². The van der Waals surface area contributed by atoms with Crippen LogP contribution in [0.1, 0.15) is 51.0 Å². The molecule has 1 amide bonds. The summed E-state index contributed by atoms with van der Waals surface area (Å²) in [7, 11) is 0. The van der Waals surface area contributed by atoms with Crippen LogP contribution in [0.3, 0.4) is 0 Å². The minimum absolute atomic E-state index is 0. The van der Waals surface area contributed by atoms with E-state index in [0.29, 0.717) is 19.3 Å². The van der Waals surface area contributed by atoms with Gasteiger partial charge in [-0.25, -0.2) is 0 Å². The highest BCUT2D eigenvalue weighted by Gasteiger charge is 2.58. The van der Waals surface area contributed by atoms with Crippen molar-refractivity contribution in [1.82, 2.24) is 10.2 Å². The van der Waals surface area contributed by atoms with Crippen molar-refractivity contribution >= 4 is 24.4 Å². The van der Waals surface area contributed by atoms with Crippen LogP contribution in [0.4, 0.5) is 13.2 Å². The maximum atomic E-state index is 13.4. The summed E-state index contributed by atoms with van der Waals surface area (Å²) in [6, 6.07) is 9.26. The fourth-order valence-electron chi connectivity index (χ4n) is 5.36. The highest BCUT2D eigenvalue weighted by Crippen LogP contribution is 2.54. The van der Waals surface area contributed by atoms with Crippen LogP contribution in [-0.4, -0.2) is 42.2 Å². The largest absolute Gasteiger partial charge is 0.471 e. The summed E-state index contributed by atoms with van der Waals surface area (Å²) in [5, 5.41) is 3.32. The summed E-state index contributed by atoms with van der Waals surface area (Å²) >= 11 is 0. The van der Waals surface area contributed by atoms with Crippen LogP contribution < -0.4 is 5.32 Å². The lowest BCUT2D eigenvalue weighted by Crippen LogP contribution is -2.59. The van der Waals surface area contributed by atoms with Crippen LogP contribution >= 0.6 is 12.4 Å². The number of alkyl halides is 3. The third-order valence-electron chi connectivity index (χ3n) is 7.02. The Hall–Kier alpha value is -1.53. The van der Waals surface area contributed by atoms with Gasteiger partial charge in [0.15, 0.2) is 0 Å². The van der Waals surface area contributed by atoms with Gasteiger partial charge in [-0.1, -0.05) is 48.9 Å². The molecule has 0 radical (unpaired) electrons. The molecule has 1 aliphatic heterocycles. The van der Waals surface area contributed by atoms with Crippen LogP contribution in [0.25, 0.3) is 6.08 Å². The van der Waals surface area contributed by atoms with E-state index in [-0.39, 0.29) is 35.8 Å². The summed E-state index contributed by atoms with van der Waals surface area (Å²) in [4.78, 5) is 13.6. The van der Waals surface area contributed by atoms with Crippen molar-refractivity contribution < 1.29 is 18.0 Å². The number of carbonyl (C=O) groups is 1. The van der Waals surface area contributed by atoms with Gasteiger partial charge in [0.1, 0.15) is 0 Å². The fraction of sp³-hybridized carbons (Fsp3) is 0.609. The fourth-order valence-corrected chi connectivity index (χ4v) is 5.36. The molecule has 1 saturated heterocycles. The second-order valence-electron chi connectivity index (χ2n) is 8.92. The molecule has 2 saturated carbocycles. The topological polar surface area (TPSA) is 32.3 Å². The van der Waals surface area contributed by atoms with Gasteiger partial charge in [-0.15, -0.1) is 12.4 Å². The van der Waals surface area contributed by atoms with Crippen LogP contribution in [0, 0.1) is 11.3 Å². The number of piperidine rings is 1. The number of carbonyl (C=O) groups excluding carboxylic acids is 1. The quantitative estimate of drug-likeness (QED) is 0.678. The molecule has 0 aromatic heterocycles. The first kappa shape index (κ1) is 23.1. The van der Waals surface area contributed by atoms with Gasteiger partial charge < -0.3 is 10.2 Å². The van der Waals surface area contributed by atoms with Crippen LogP contribution in [0.15, 0.2) is 35.9 Å². The summed E-state index contributed by atoms with van der Waals surface area (Å²) in [5.74, 6) is -1.61. The molecule has 166 valence electrons. The predicted molar refractivity (Wildman–Crippen MR) is 114 cm³/mol. The Morgan fingerprint density at radius 1 is 1.20 bits per heavy atom. The molecule has 3 aliphatic rings. The number of nitrogens with zero attached hydrogens (tertiary/aromatic N) is 1. The van der Waals surface area contributed by atoms with Crippen molar-refractivity contribution in [3.05, 3.63) is 41.5 Å². The number of halogens is 4. The van der Waals surface area contributed by atoms with Crippen LogP contribution in [-0.2, 0) is 4.79 Å². The molecule has 3 fully saturated rings. The molecule has 1 heterocycles. The van der Waals surface area contributed by atoms with Crippen LogP contribution in [0.2, 0.25) is 0 Å². The van der Waals surface area contributed by atoms with Crippen molar-refractivity contribution in [2.24, 2.45) is 11.3 Å². The molecule has 1 aromatic carbocycles. The second-order valence-corrected chi connectivity index (χ2v) is 8.92. The van der Waals surface area contributed by atoms with E-state index in [1.165, 1.54) is 4.90 Å². The molecular formula is C23H30ClF3N2O. The summed E-state index contributed by atoms with van der Waals surface area (Å²) in [6.07, 6.45) is 2.12. The molecule has 1 unspecified atom stereocenters. The minimum Gasteiger partial charge on any atom is -0.328 e. The van der Waals surface area contributed by atoms with E-state index in [0.717, 1.165) is 43.5 Å². The summed E-state index contributed by atoms with van der Waals surface area (Å²) < 4.78 is 40.1. The van der Waals surface area contributed by atoms with Crippen molar-refractivity contribution in [2.75, 3.05) is 13.1 Å². The highest BCUT2D eigenvalue weighted by molar-refractivity contribution is 5.85. The van der Waals surface area contributed by atoms with Gasteiger partial charge in [-0.3, -0.25) is 4.79 Å². The van der Waals surface area contributed by atoms with Gasteiger partial charge in [0.2, 0.25) is 0 Å². The molecule has 4 rings (SSSR count). The number of benzene rings is 1. The SMILES string of the molecule is CCC(=Cc1ccccc1)C1C[C@@H]1N(C(=O)C(F)(F)F)C1CC2(CCNCC2)C1.Cl. The molecule has 2 atom stereocenters. The Balaban J connectivity index is 0.00000256. The average Bonchev–Trinajstić information content (AvgIpc) is 3.46. The molecule has 1 spiro atoms. The lowest BCUT2D eigenvalue weighted by atomic mass is 9.60. The molecule has 0 bridgehead atoms. The van der Waals surface area contributed by atoms with E-state index in [2.05, 4.69) is 11.4 Å². The Morgan fingerprint density at radius 2 is 1.83 bits per heavy atom. The molecule has 2 aliphatic carbocycles. The molecule has 3 nitrogen and oxygen atoms in total. The standard InChI is InChI=1S/C23H29F3N2O.ClH/c1-2-17(12-16-6-4-3-5-7-16)19-13-20(19)28(21(29)23(24,25)26)18-14-22(15-18)8-10-27-11-9-22;/h3-7,12,18-20,27H,2,8-11,13-15H2,1H3;1H/t19?,20-;/m0./s1. The monoisotopic (exact) mass is 442 g/mol. The average molecular weight is 443 g/mol. The van der Waals surface area contributed by atoms with E-state index in [1.807, 2.05) is 37.3 Å². The zero-order valence-electron chi connectivity index (χ0n) is 17.3. The smallest absolute Gasteiger partial charge is 0.328 e. The molecule has 1 aromatic rings. The van der Waals surface area contributed by atoms with Gasteiger partial charge in [0.25, 0.3) is 0 Å². The van der Waals surface area contributed by atoms with Crippen molar-refractivity contribution in [1.29, 1.82) is 0 Å². The zero-order valence-corrected chi connectivity index (χ0v) is 18.1. The maximum absolute atomic E-state index is 13.4. The van der Waals surface area contributed by atoms with E-state index >= 15 is 0 Å². The third-order valence-corrected chi connectivity index (χ3v) is 7.02. The minimum atomic E-state index is -4.81. The normalized spacial score (nSPS) is 25.9. The first-order valence-electron chi connectivity index (χ1n) is 10.7. The predicted octanol–water partition coefficient (Wildman–Crippen LogP) is 5.21. The van der Waals surface area contributed by atoms with E-state index in [1.54, 1.807) is 0 Å². The zero-order chi connectivity index (χ0) is 20.6. The van der Waals surface area contributed by atoms with E-state index < -0.39 is 12.1 Å². The number of hydrogen-bond donors (Lipinski definition) is 1. The Bertz CT molecular complexity index is 766. The van der Waals surface area contributed by atoms with Crippen molar-refractivity contribution in [2.45, 2.75) is 63.7 Å². The van der Waals surface area contributed by atoms with Gasteiger partial charge in [0, 0.05) is 18.0 Å². The summed E-state index contributed by atoms with van der Waals surface area (Å²) in [6.45, 7) is 3.88. The molecular weight excluding hydrogens is 413 g/mol. The maximum Gasteiger partial charge on any atom is 0.471 e. The van der Waals surface area contributed by atoms with E-state index in [9.17, 15) is 18.0 Å². The second kappa shape index (κ2) is 8.91. The highest BCUT2D eigenvalue weighted by atomic mass is 35.5. The van der Waals surface area contributed by atoms with Gasteiger partial charge >= 0.3 is 12.1 Å². The molecule has 7 heteroatoms. The first-order chi connectivity index (χ1) is 13.8. The van der Waals surface area contributed by atoms with Crippen molar-refractivity contribution in [3.63, 3.8) is 0 Å². The van der Waals surface area contributed by atoms with Gasteiger partial charge in [0.05, 0.1) is 0 Å². The number of nitrogens with one attached hydrogen (secondary N) is 1. The lowest BCUT2D eigenvalue weighted by Gasteiger charge is -2.54. The third kappa shape index (κ3) is 4.70. The molecule has 1 N–H and O–H groups in total. The number of amides is 1. The Kier molecular flexibility index (Phi) is 6.87. The molecule has 30 heavy (non-hydrogen) atoms. The summed E-state index contributed by atoms with van der Waals surface area (Å²) in [5.41, 5.74) is 2.33. The first-order valence-corrected chi connectivity index (χ1v) is 10.7. The lowest BCUT2D eigenvalue weighted by molar-refractivity contribution is -0.193. The van der Waals surface area contributed by atoms with Crippen molar-refractivity contribution in [3.8, 4) is 0 Å². The van der Waals surface area contributed by atoms with Crippen LogP contribution in [0.5, 0.6) is 0 Å². The number of rotatable bonds is 5. The van der Waals surface area contributed by atoms with E-state index in [4.69, 9.17) is 0 Å². The Morgan fingerprint density at radius 3 is 2.40 bits per heavy atom. The number of hydrogen-bond acceptors (Lipinski definition) is 2. The Labute approximate surface area is 182 Å². The van der Waals surface area contributed by atoms with Gasteiger partial charge in [-0.05, 0) is 62.6 Å².